The molecule has 20 heavy (non-hydrogen) atoms. The van der Waals surface area contributed by atoms with Gasteiger partial charge < -0.3 is 11.1 Å². The summed E-state index contributed by atoms with van der Waals surface area (Å²) in [5.74, 6) is -0.105. The van der Waals surface area contributed by atoms with Crippen LogP contribution in [-0.2, 0) is 6.42 Å². The minimum absolute atomic E-state index is 0.0221. The van der Waals surface area contributed by atoms with Gasteiger partial charge in [-0.15, -0.1) is 0 Å². The van der Waals surface area contributed by atoms with Crippen molar-refractivity contribution in [3.05, 3.63) is 53.5 Å². The molecule has 5 nitrogen and oxygen atoms in total. The van der Waals surface area contributed by atoms with Gasteiger partial charge in [0.15, 0.2) is 11.5 Å². The van der Waals surface area contributed by atoms with Crippen LogP contribution in [0.15, 0.2) is 36.7 Å². The molecule has 0 bridgehead atoms. The number of benzene rings is 1. The van der Waals surface area contributed by atoms with Crippen molar-refractivity contribution in [1.82, 2.24) is 15.3 Å². The quantitative estimate of drug-likeness (QED) is 0.871. The molecular weight excluding hydrogens is 252 g/mol. The van der Waals surface area contributed by atoms with Crippen LogP contribution in [0, 0.1) is 0 Å². The van der Waals surface area contributed by atoms with Crippen molar-refractivity contribution in [3.8, 4) is 0 Å². The second kappa shape index (κ2) is 5.28. The Morgan fingerprint density at radius 1 is 1.25 bits per heavy atom. The fourth-order valence-corrected chi connectivity index (χ4v) is 2.65. The van der Waals surface area contributed by atoms with Crippen molar-refractivity contribution in [2.45, 2.75) is 25.3 Å². The van der Waals surface area contributed by atoms with Crippen LogP contribution < -0.4 is 11.1 Å². The molecule has 0 saturated carbocycles. The third kappa shape index (κ3) is 2.34. The molecule has 1 aromatic carbocycles. The Labute approximate surface area is 117 Å². The summed E-state index contributed by atoms with van der Waals surface area (Å²) in [6.07, 6.45) is 6.01. The Kier molecular flexibility index (Phi) is 3.33. The lowest BCUT2D eigenvalue weighted by atomic mass is 9.87. The number of anilines is 1. The number of nitrogens with zero attached hydrogens (tertiary/aromatic N) is 2. The number of nitrogens with one attached hydrogen (secondary N) is 1. The summed E-state index contributed by atoms with van der Waals surface area (Å²) >= 11 is 0. The number of fused-ring (bicyclic) bond motifs is 1. The van der Waals surface area contributed by atoms with Crippen LogP contribution in [-0.4, -0.2) is 15.9 Å². The van der Waals surface area contributed by atoms with Gasteiger partial charge in [0.25, 0.3) is 5.91 Å². The fourth-order valence-electron chi connectivity index (χ4n) is 2.65. The molecule has 1 heterocycles. The molecule has 0 spiro atoms. The van der Waals surface area contributed by atoms with E-state index in [4.69, 9.17) is 5.73 Å². The molecule has 0 fully saturated rings. The molecule has 0 unspecified atom stereocenters. The highest BCUT2D eigenvalue weighted by Crippen LogP contribution is 2.29. The predicted molar refractivity (Wildman–Crippen MR) is 76.0 cm³/mol. The van der Waals surface area contributed by atoms with E-state index < -0.39 is 0 Å². The van der Waals surface area contributed by atoms with Crippen LogP contribution in [0.2, 0.25) is 0 Å². The van der Waals surface area contributed by atoms with Gasteiger partial charge in [0, 0.05) is 12.4 Å². The molecule has 5 heteroatoms. The largest absolute Gasteiger partial charge is 0.382 e. The minimum Gasteiger partial charge on any atom is -0.382 e. The van der Waals surface area contributed by atoms with Gasteiger partial charge >= 0.3 is 0 Å². The Bertz CT molecular complexity index is 641. The monoisotopic (exact) mass is 268 g/mol. The first-order valence-electron chi connectivity index (χ1n) is 6.71. The number of rotatable bonds is 2. The van der Waals surface area contributed by atoms with E-state index in [0.717, 1.165) is 19.3 Å². The molecule has 1 atom stereocenters. The number of hydrogen-bond donors (Lipinski definition) is 2. The smallest absolute Gasteiger partial charge is 0.274 e. The van der Waals surface area contributed by atoms with Gasteiger partial charge in [0.05, 0.1) is 6.04 Å². The second-order valence-electron chi connectivity index (χ2n) is 4.91. The van der Waals surface area contributed by atoms with Crippen molar-refractivity contribution in [1.29, 1.82) is 0 Å². The topological polar surface area (TPSA) is 80.9 Å². The number of aryl methyl sites for hydroxylation is 1. The molecule has 3 rings (SSSR count). The van der Waals surface area contributed by atoms with Crippen molar-refractivity contribution < 1.29 is 4.79 Å². The molecule has 0 saturated heterocycles. The number of aromatic nitrogens is 2. The van der Waals surface area contributed by atoms with Gasteiger partial charge in [0.1, 0.15) is 0 Å². The molecule has 1 aliphatic carbocycles. The molecular formula is C15H16N4O. The SMILES string of the molecule is Nc1nccnc1C(=O)N[C@H]1CCCc2ccccc21. The van der Waals surface area contributed by atoms with Gasteiger partial charge in [-0.3, -0.25) is 4.79 Å². The van der Waals surface area contributed by atoms with Crippen LogP contribution in [0.1, 0.15) is 40.5 Å². The number of carbonyl (C=O) groups excluding carboxylic acids is 1. The summed E-state index contributed by atoms with van der Waals surface area (Å²) in [7, 11) is 0. The molecule has 1 aliphatic rings. The normalized spacial score (nSPS) is 17.3. The number of hydrogen-bond acceptors (Lipinski definition) is 4. The first-order chi connectivity index (χ1) is 9.75. The number of nitrogens with two attached hydrogens (primary N) is 1. The van der Waals surface area contributed by atoms with E-state index in [-0.39, 0.29) is 23.5 Å². The Morgan fingerprint density at radius 2 is 2.05 bits per heavy atom. The number of nitrogen functional groups attached to an aromatic ring is 1. The van der Waals surface area contributed by atoms with E-state index in [9.17, 15) is 4.79 Å². The van der Waals surface area contributed by atoms with Gasteiger partial charge in [-0.25, -0.2) is 9.97 Å². The van der Waals surface area contributed by atoms with E-state index in [1.165, 1.54) is 23.5 Å². The molecule has 102 valence electrons. The lowest BCUT2D eigenvalue weighted by Crippen LogP contribution is -2.32. The van der Waals surface area contributed by atoms with E-state index in [1.54, 1.807) is 0 Å². The summed E-state index contributed by atoms with van der Waals surface area (Å²) in [6, 6.07) is 8.24. The lowest BCUT2D eigenvalue weighted by Gasteiger charge is -2.26. The second-order valence-corrected chi connectivity index (χ2v) is 4.91. The van der Waals surface area contributed by atoms with Gasteiger partial charge in [-0.2, -0.15) is 0 Å². The van der Waals surface area contributed by atoms with E-state index in [1.807, 2.05) is 12.1 Å². The van der Waals surface area contributed by atoms with Crippen LogP contribution in [0.5, 0.6) is 0 Å². The van der Waals surface area contributed by atoms with E-state index in [2.05, 4.69) is 27.4 Å². The molecule has 2 aromatic rings. The minimum atomic E-state index is -0.266. The maximum atomic E-state index is 12.2. The van der Waals surface area contributed by atoms with E-state index in [0.29, 0.717) is 0 Å². The zero-order chi connectivity index (χ0) is 13.9. The van der Waals surface area contributed by atoms with Gasteiger partial charge in [0.2, 0.25) is 0 Å². The van der Waals surface area contributed by atoms with Gasteiger partial charge in [-0.1, -0.05) is 24.3 Å². The molecule has 3 N–H and O–H groups in total. The van der Waals surface area contributed by atoms with Crippen LogP contribution in [0.3, 0.4) is 0 Å². The van der Waals surface area contributed by atoms with Crippen molar-refractivity contribution in [2.75, 3.05) is 5.73 Å². The zero-order valence-electron chi connectivity index (χ0n) is 11.0. The lowest BCUT2D eigenvalue weighted by molar-refractivity contribution is 0.0928. The highest BCUT2D eigenvalue weighted by Gasteiger charge is 2.23. The Hall–Kier alpha value is -2.43. The maximum absolute atomic E-state index is 12.2. The average molecular weight is 268 g/mol. The standard InChI is InChI=1S/C15H16N4O/c16-14-13(17-8-9-18-14)15(20)19-12-7-3-5-10-4-1-2-6-11(10)12/h1-2,4,6,8-9,12H,3,5,7H2,(H2,16,18)(H,19,20)/t12-/m0/s1. The first-order valence-corrected chi connectivity index (χ1v) is 6.71. The highest BCUT2D eigenvalue weighted by atomic mass is 16.2. The molecule has 0 radical (unpaired) electrons. The summed E-state index contributed by atoms with van der Waals surface area (Å²) in [4.78, 5) is 20.1. The fraction of sp³-hybridized carbons (Fsp3) is 0.267. The summed E-state index contributed by atoms with van der Waals surface area (Å²) < 4.78 is 0. The Morgan fingerprint density at radius 3 is 2.90 bits per heavy atom. The third-order valence-corrected chi connectivity index (χ3v) is 3.62. The summed E-state index contributed by atoms with van der Waals surface area (Å²) in [6.45, 7) is 0. The first kappa shape index (κ1) is 12.6. The molecule has 1 aromatic heterocycles. The van der Waals surface area contributed by atoms with E-state index >= 15 is 0 Å². The van der Waals surface area contributed by atoms with Crippen molar-refractivity contribution in [3.63, 3.8) is 0 Å². The summed E-state index contributed by atoms with van der Waals surface area (Å²) in [5.41, 5.74) is 8.37. The molecule has 1 amide bonds. The average Bonchev–Trinajstić information content (AvgIpc) is 2.48. The van der Waals surface area contributed by atoms with Crippen LogP contribution >= 0.6 is 0 Å². The summed E-state index contributed by atoms with van der Waals surface area (Å²) in [5, 5.41) is 3.01. The third-order valence-electron chi connectivity index (χ3n) is 3.62. The van der Waals surface area contributed by atoms with Gasteiger partial charge in [-0.05, 0) is 30.4 Å². The predicted octanol–water partition coefficient (Wildman–Crippen LogP) is 1.87. The Balaban J connectivity index is 1.83. The number of carbonyl (C=O) groups is 1. The highest BCUT2D eigenvalue weighted by molar-refractivity contribution is 5.96. The van der Waals surface area contributed by atoms with Crippen LogP contribution in [0.25, 0.3) is 0 Å². The molecule has 0 aliphatic heterocycles. The van der Waals surface area contributed by atoms with Crippen molar-refractivity contribution >= 4 is 11.7 Å². The van der Waals surface area contributed by atoms with Crippen molar-refractivity contribution in [2.24, 2.45) is 0 Å². The maximum Gasteiger partial charge on any atom is 0.274 e. The number of amides is 1. The zero-order valence-corrected chi connectivity index (χ0v) is 11.0. The van der Waals surface area contributed by atoms with Crippen LogP contribution in [0.4, 0.5) is 5.82 Å².